The third-order valence-electron chi connectivity index (χ3n) is 1.63. The van der Waals surface area contributed by atoms with Crippen LogP contribution in [0.2, 0.25) is 0 Å². The van der Waals surface area contributed by atoms with E-state index in [4.69, 9.17) is 0 Å². The van der Waals surface area contributed by atoms with Crippen LogP contribution in [0, 0.1) is 13.7 Å². The topological polar surface area (TPSA) is 80.4 Å². The number of nitrogens with zero attached hydrogens (tertiary/aromatic N) is 1. The summed E-state index contributed by atoms with van der Waals surface area (Å²) in [5.74, 6) is -0.557. The number of hydrogen-bond acceptors (Lipinski definition) is 4. The number of phenolic OH excluding ortho intramolecular Hbond substituents is 1. The van der Waals surface area contributed by atoms with Crippen molar-refractivity contribution in [3.05, 3.63) is 31.4 Å². The average Bonchev–Trinajstić information content (AvgIpc) is 2.08. The Balaban J connectivity index is 3.43. The summed E-state index contributed by atoms with van der Waals surface area (Å²) in [5.41, 5.74) is -0.120. The van der Waals surface area contributed by atoms with Crippen molar-refractivity contribution in [2.45, 2.75) is 6.92 Å². The first-order valence-electron chi connectivity index (χ1n) is 3.61. The van der Waals surface area contributed by atoms with Crippen LogP contribution < -0.4 is 0 Å². The van der Waals surface area contributed by atoms with E-state index in [-0.39, 0.29) is 22.8 Å². The number of hydrogen-bond donors (Lipinski definition) is 1. The van der Waals surface area contributed by atoms with Gasteiger partial charge in [0.25, 0.3) is 5.69 Å². The molecule has 0 amide bonds. The number of halogens is 1. The van der Waals surface area contributed by atoms with E-state index in [1.807, 2.05) is 0 Å². The monoisotopic (exact) mass is 307 g/mol. The van der Waals surface area contributed by atoms with Crippen LogP contribution in [0.3, 0.4) is 0 Å². The quantitative estimate of drug-likeness (QED) is 0.393. The van der Waals surface area contributed by atoms with Crippen molar-refractivity contribution in [1.29, 1.82) is 0 Å². The molecule has 14 heavy (non-hydrogen) atoms. The minimum atomic E-state index is -0.651. The van der Waals surface area contributed by atoms with E-state index in [1.54, 1.807) is 22.6 Å². The normalized spacial score (nSPS) is 9.86. The lowest BCUT2D eigenvalue weighted by Crippen LogP contribution is -1.98. The van der Waals surface area contributed by atoms with Crippen molar-refractivity contribution in [2.24, 2.45) is 0 Å². The molecule has 0 aliphatic rings. The van der Waals surface area contributed by atoms with Gasteiger partial charge in [0.05, 0.1) is 14.6 Å². The van der Waals surface area contributed by atoms with Crippen molar-refractivity contribution in [3.8, 4) is 5.75 Å². The summed E-state index contributed by atoms with van der Waals surface area (Å²) in [5, 5.41) is 19.7. The molecule has 0 aliphatic carbocycles. The van der Waals surface area contributed by atoms with Gasteiger partial charge >= 0.3 is 0 Å². The van der Waals surface area contributed by atoms with Crippen molar-refractivity contribution >= 4 is 34.1 Å². The summed E-state index contributed by atoms with van der Waals surface area (Å²) in [7, 11) is 0. The lowest BCUT2D eigenvalue weighted by atomic mass is 10.1. The Hall–Kier alpha value is -1.18. The van der Waals surface area contributed by atoms with Gasteiger partial charge in [0.15, 0.2) is 5.78 Å². The Bertz CT molecular complexity index is 416. The highest BCUT2D eigenvalue weighted by Crippen LogP contribution is 2.29. The summed E-state index contributed by atoms with van der Waals surface area (Å²) in [6.07, 6.45) is 0. The van der Waals surface area contributed by atoms with Gasteiger partial charge in [-0.15, -0.1) is 0 Å². The Morgan fingerprint density at radius 2 is 2.14 bits per heavy atom. The third kappa shape index (κ3) is 2.00. The highest BCUT2D eigenvalue weighted by molar-refractivity contribution is 14.1. The largest absolute Gasteiger partial charge is 0.507 e. The fraction of sp³-hybridized carbons (Fsp3) is 0.125. The summed E-state index contributed by atoms with van der Waals surface area (Å²) in [6, 6.07) is 2.18. The second kappa shape index (κ2) is 3.91. The second-order valence-electron chi connectivity index (χ2n) is 2.64. The van der Waals surface area contributed by atoms with Crippen LogP contribution in [0.25, 0.3) is 0 Å². The van der Waals surface area contributed by atoms with Gasteiger partial charge in [-0.05, 0) is 29.5 Å². The van der Waals surface area contributed by atoms with Gasteiger partial charge in [-0.2, -0.15) is 0 Å². The fourth-order valence-electron chi connectivity index (χ4n) is 0.956. The molecule has 5 nitrogen and oxygen atoms in total. The zero-order chi connectivity index (χ0) is 10.9. The SMILES string of the molecule is CC(=O)c1cc([N+](=O)[O-])cc(O)c1I. The molecule has 1 rings (SSSR count). The number of benzene rings is 1. The first-order valence-corrected chi connectivity index (χ1v) is 4.69. The van der Waals surface area contributed by atoms with E-state index in [9.17, 15) is 20.0 Å². The maximum Gasteiger partial charge on any atom is 0.273 e. The lowest BCUT2D eigenvalue weighted by Gasteiger charge is -2.02. The Morgan fingerprint density at radius 1 is 1.57 bits per heavy atom. The van der Waals surface area contributed by atoms with Gasteiger partial charge in [0, 0.05) is 11.6 Å². The molecule has 0 heterocycles. The molecule has 1 aromatic carbocycles. The maximum absolute atomic E-state index is 11.1. The molecular formula is C8H6INO4. The van der Waals surface area contributed by atoms with Crippen LogP contribution >= 0.6 is 22.6 Å². The number of nitro groups is 1. The zero-order valence-electron chi connectivity index (χ0n) is 7.15. The van der Waals surface area contributed by atoms with Crippen molar-refractivity contribution < 1.29 is 14.8 Å². The van der Waals surface area contributed by atoms with Crippen LogP contribution in [0.15, 0.2) is 12.1 Å². The van der Waals surface area contributed by atoms with Gasteiger partial charge in [-0.1, -0.05) is 0 Å². The van der Waals surface area contributed by atoms with Gasteiger partial charge in [-0.25, -0.2) is 0 Å². The zero-order valence-corrected chi connectivity index (χ0v) is 9.31. The molecule has 0 aromatic heterocycles. The molecule has 0 spiro atoms. The van der Waals surface area contributed by atoms with Crippen molar-refractivity contribution in [3.63, 3.8) is 0 Å². The van der Waals surface area contributed by atoms with Gasteiger partial charge in [0.2, 0.25) is 0 Å². The van der Waals surface area contributed by atoms with Crippen LogP contribution in [-0.2, 0) is 0 Å². The summed E-state index contributed by atoms with van der Waals surface area (Å²) in [6.45, 7) is 1.29. The van der Waals surface area contributed by atoms with Gasteiger partial charge < -0.3 is 5.11 Å². The minimum Gasteiger partial charge on any atom is -0.507 e. The van der Waals surface area contributed by atoms with Crippen molar-refractivity contribution in [1.82, 2.24) is 0 Å². The molecule has 0 radical (unpaired) electrons. The number of carbonyl (C=O) groups excluding carboxylic acids is 1. The predicted molar refractivity (Wildman–Crippen MR) is 57.5 cm³/mol. The number of Topliss-reactive ketones (excluding diaryl/α,β-unsaturated/α-hetero) is 1. The molecule has 0 unspecified atom stereocenters. The van der Waals surface area contributed by atoms with Crippen LogP contribution in [0.1, 0.15) is 17.3 Å². The first kappa shape index (κ1) is 10.9. The van der Waals surface area contributed by atoms with Crippen LogP contribution in [0.4, 0.5) is 5.69 Å². The first-order chi connectivity index (χ1) is 6.43. The number of nitro benzene ring substituents is 1. The Labute approximate surface area is 93.0 Å². The lowest BCUT2D eigenvalue weighted by molar-refractivity contribution is -0.385. The van der Waals surface area contributed by atoms with Gasteiger partial charge in [0.1, 0.15) is 5.75 Å². The van der Waals surface area contributed by atoms with E-state index in [0.29, 0.717) is 3.57 Å². The highest BCUT2D eigenvalue weighted by atomic mass is 127. The molecule has 0 fully saturated rings. The Kier molecular flexibility index (Phi) is 3.04. The van der Waals surface area contributed by atoms with E-state index < -0.39 is 4.92 Å². The number of aromatic hydroxyl groups is 1. The highest BCUT2D eigenvalue weighted by Gasteiger charge is 2.16. The minimum absolute atomic E-state index is 0.164. The third-order valence-corrected chi connectivity index (χ3v) is 2.76. The summed E-state index contributed by atoms with van der Waals surface area (Å²) < 4.78 is 0.334. The van der Waals surface area contributed by atoms with Crippen LogP contribution in [-0.4, -0.2) is 15.8 Å². The summed E-state index contributed by atoms with van der Waals surface area (Å²) >= 11 is 1.77. The molecular weight excluding hydrogens is 301 g/mol. The fourth-order valence-corrected chi connectivity index (χ4v) is 1.65. The van der Waals surface area contributed by atoms with Crippen molar-refractivity contribution in [2.75, 3.05) is 0 Å². The Morgan fingerprint density at radius 3 is 2.57 bits per heavy atom. The molecule has 1 aromatic rings. The molecule has 0 saturated carbocycles. The number of rotatable bonds is 2. The van der Waals surface area contributed by atoms with E-state index >= 15 is 0 Å². The molecule has 0 saturated heterocycles. The van der Waals surface area contributed by atoms with E-state index in [1.165, 1.54) is 6.92 Å². The maximum atomic E-state index is 11.1. The van der Waals surface area contributed by atoms with E-state index in [0.717, 1.165) is 12.1 Å². The number of carbonyl (C=O) groups is 1. The van der Waals surface area contributed by atoms with Gasteiger partial charge in [-0.3, -0.25) is 14.9 Å². The van der Waals surface area contributed by atoms with Crippen LogP contribution in [0.5, 0.6) is 5.75 Å². The molecule has 74 valence electrons. The predicted octanol–water partition coefficient (Wildman–Crippen LogP) is 2.11. The molecule has 1 N–H and O–H groups in total. The number of ketones is 1. The molecule has 0 aliphatic heterocycles. The average molecular weight is 307 g/mol. The number of phenols is 1. The number of non-ortho nitro benzene ring substituents is 1. The smallest absolute Gasteiger partial charge is 0.273 e. The summed E-state index contributed by atoms with van der Waals surface area (Å²) in [4.78, 5) is 20.8. The standard InChI is InChI=1S/C8H6INO4/c1-4(11)6-2-5(10(13)14)3-7(12)8(6)9/h2-3,12H,1H3. The second-order valence-corrected chi connectivity index (χ2v) is 3.72. The molecule has 0 bridgehead atoms. The molecule has 6 heteroatoms. The van der Waals surface area contributed by atoms with E-state index in [2.05, 4.69) is 0 Å². The molecule has 0 atom stereocenters.